The van der Waals surface area contributed by atoms with Crippen LogP contribution in [0.2, 0.25) is 0 Å². The van der Waals surface area contributed by atoms with Gasteiger partial charge in [0.2, 0.25) is 0 Å². The number of rotatable bonds is 7. The van der Waals surface area contributed by atoms with E-state index in [2.05, 4.69) is 6.58 Å². The lowest BCUT2D eigenvalue weighted by molar-refractivity contribution is 0.0228. The molecule has 1 saturated carbocycles. The zero-order valence-corrected chi connectivity index (χ0v) is 14.2. The second-order valence-corrected chi connectivity index (χ2v) is 5.83. The molecule has 1 aromatic rings. The van der Waals surface area contributed by atoms with Gasteiger partial charge in [0, 0.05) is 13.1 Å². The second kappa shape index (κ2) is 8.61. The van der Waals surface area contributed by atoms with Crippen LogP contribution in [-0.4, -0.2) is 30.0 Å². The van der Waals surface area contributed by atoms with Crippen LogP contribution in [0.1, 0.15) is 56.3 Å². The zero-order chi connectivity index (χ0) is 16.7. The van der Waals surface area contributed by atoms with E-state index in [9.17, 15) is 4.79 Å². The third kappa shape index (κ3) is 4.75. The largest absolute Gasteiger partial charge is 0.462 e. The molecule has 126 valence electrons. The molecule has 4 heteroatoms. The minimum atomic E-state index is -0.0314. The van der Waals surface area contributed by atoms with E-state index in [4.69, 9.17) is 9.47 Å². The molecule has 0 heterocycles. The Morgan fingerprint density at radius 1 is 1.17 bits per heavy atom. The molecule has 1 aromatic carbocycles. The van der Waals surface area contributed by atoms with Crippen LogP contribution in [0.5, 0.6) is 5.75 Å². The summed E-state index contributed by atoms with van der Waals surface area (Å²) in [5.41, 5.74) is 0.546. The number of benzene rings is 1. The second-order valence-electron chi connectivity index (χ2n) is 5.83. The first-order valence-corrected chi connectivity index (χ1v) is 8.57. The Labute approximate surface area is 139 Å². The molecule has 23 heavy (non-hydrogen) atoms. The molecule has 0 atom stereocenters. The first-order valence-electron chi connectivity index (χ1n) is 8.57. The highest BCUT2D eigenvalue weighted by Gasteiger charge is 2.20. The van der Waals surface area contributed by atoms with E-state index in [0.29, 0.717) is 24.4 Å². The number of carbonyl (C=O) groups excluding carboxylic acids is 1. The summed E-state index contributed by atoms with van der Waals surface area (Å²) >= 11 is 0. The van der Waals surface area contributed by atoms with Gasteiger partial charge in [0.05, 0.1) is 5.56 Å². The average molecular weight is 317 g/mol. The van der Waals surface area contributed by atoms with E-state index in [1.54, 1.807) is 17.0 Å². The van der Waals surface area contributed by atoms with Gasteiger partial charge in [-0.1, -0.05) is 18.6 Å². The Hall–Kier alpha value is -1.97. The summed E-state index contributed by atoms with van der Waals surface area (Å²) < 4.78 is 11.5. The Bertz CT molecular complexity index is 531. The summed E-state index contributed by atoms with van der Waals surface area (Å²) in [5, 5.41) is 0. The lowest BCUT2D eigenvalue weighted by Crippen LogP contribution is -2.30. The summed E-state index contributed by atoms with van der Waals surface area (Å²) in [6, 6.07) is 7.26. The van der Waals surface area contributed by atoms with Crippen LogP contribution >= 0.6 is 0 Å². The number of para-hydroxylation sites is 1. The maximum atomic E-state index is 12.6. The maximum absolute atomic E-state index is 12.6. The third-order valence-electron chi connectivity index (χ3n) is 4.24. The van der Waals surface area contributed by atoms with Gasteiger partial charge in [-0.05, 0) is 58.2 Å². The summed E-state index contributed by atoms with van der Waals surface area (Å²) in [4.78, 5) is 14.3. The molecule has 0 bridgehead atoms. The van der Waals surface area contributed by atoms with Gasteiger partial charge < -0.3 is 14.4 Å². The molecule has 0 N–H and O–H groups in total. The number of nitrogens with zero attached hydrogens (tertiary/aromatic N) is 1. The van der Waals surface area contributed by atoms with Crippen LogP contribution in [-0.2, 0) is 4.74 Å². The highest BCUT2D eigenvalue weighted by atomic mass is 16.7. The molecule has 1 aliphatic rings. The van der Waals surface area contributed by atoms with Crippen molar-refractivity contribution in [2.24, 2.45) is 0 Å². The van der Waals surface area contributed by atoms with E-state index in [1.165, 1.54) is 19.3 Å². The van der Waals surface area contributed by atoms with Crippen LogP contribution < -0.4 is 4.74 Å². The highest BCUT2D eigenvalue weighted by Crippen LogP contribution is 2.25. The molecule has 1 aliphatic carbocycles. The minimum absolute atomic E-state index is 0.0314. The Balaban J connectivity index is 2.04. The Kier molecular flexibility index (Phi) is 6.51. The van der Waals surface area contributed by atoms with Crippen LogP contribution in [0.25, 0.3) is 0 Å². The number of ether oxygens (including phenoxy) is 2. The van der Waals surface area contributed by atoms with Gasteiger partial charge in [0.1, 0.15) is 11.9 Å². The normalized spacial score (nSPS) is 15.0. The molecule has 0 radical (unpaired) electrons. The molecule has 0 aromatic heterocycles. The number of hydrogen-bond acceptors (Lipinski definition) is 3. The van der Waals surface area contributed by atoms with Gasteiger partial charge in [-0.15, -0.1) is 0 Å². The standard InChI is InChI=1S/C19H27NO3/c1-4-20(5-2)19(21)17-13-9-10-14-18(17)23-15(3)22-16-11-7-6-8-12-16/h9-10,13-14,16H,3-8,11-12H2,1-2H3. The van der Waals surface area contributed by atoms with Crippen LogP contribution in [0, 0.1) is 0 Å². The average Bonchev–Trinajstić information content (AvgIpc) is 2.57. The van der Waals surface area contributed by atoms with Gasteiger partial charge >= 0.3 is 0 Å². The first kappa shape index (κ1) is 17.4. The van der Waals surface area contributed by atoms with Crippen molar-refractivity contribution in [3.8, 4) is 5.75 Å². The van der Waals surface area contributed by atoms with Crippen molar-refractivity contribution in [3.05, 3.63) is 42.4 Å². The van der Waals surface area contributed by atoms with Crippen molar-refractivity contribution in [1.29, 1.82) is 0 Å². The number of amides is 1. The summed E-state index contributed by atoms with van der Waals surface area (Å²) in [6.45, 7) is 9.14. The molecule has 2 rings (SSSR count). The monoisotopic (exact) mass is 317 g/mol. The number of hydrogen-bond donors (Lipinski definition) is 0. The van der Waals surface area contributed by atoms with E-state index in [-0.39, 0.29) is 18.0 Å². The predicted octanol–water partition coefficient (Wildman–Crippen LogP) is 4.37. The molecular weight excluding hydrogens is 290 g/mol. The molecule has 0 unspecified atom stereocenters. The summed E-state index contributed by atoms with van der Waals surface area (Å²) in [7, 11) is 0. The fourth-order valence-electron chi connectivity index (χ4n) is 2.93. The van der Waals surface area contributed by atoms with Gasteiger partial charge in [0.15, 0.2) is 0 Å². The van der Waals surface area contributed by atoms with E-state index in [1.807, 2.05) is 26.0 Å². The maximum Gasteiger partial charge on any atom is 0.277 e. The third-order valence-corrected chi connectivity index (χ3v) is 4.24. The van der Waals surface area contributed by atoms with Gasteiger partial charge in [0.25, 0.3) is 11.9 Å². The summed E-state index contributed by atoms with van der Waals surface area (Å²) in [6.07, 6.45) is 5.92. The molecule has 0 spiro atoms. The van der Waals surface area contributed by atoms with Crippen molar-refractivity contribution < 1.29 is 14.3 Å². The van der Waals surface area contributed by atoms with E-state index < -0.39 is 0 Å². The van der Waals surface area contributed by atoms with Crippen molar-refractivity contribution in [2.45, 2.75) is 52.1 Å². The molecule has 0 saturated heterocycles. The quantitative estimate of drug-likeness (QED) is 0.701. The van der Waals surface area contributed by atoms with Gasteiger partial charge in [-0.3, -0.25) is 4.79 Å². The SMILES string of the molecule is C=C(Oc1ccccc1C(=O)N(CC)CC)OC1CCCCC1. The molecular formula is C19H27NO3. The fourth-order valence-corrected chi connectivity index (χ4v) is 2.93. The van der Waals surface area contributed by atoms with Crippen LogP contribution in [0.3, 0.4) is 0 Å². The van der Waals surface area contributed by atoms with Crippen molar-refractivity contribution >= 4 is 5.91 Å². The molecule has 0 aliphatic heterocycles. The molecule has 1 amide bonds. The molecule has 1 fully saturated rings. The first-order chi connectivity index (χ1) is 11.2. The smallest absolute Gasteiger partial charge is 0.277 e. The van der Waals surface area contributed by atoms with Crippen LogP contribution in [0.4, 0.5) is 0 Å². The highest BCUT2D eigenvalue weighted by molar-refractivity contribution is 5.96. The topological polar surface area (TPSA) is 38.8 Å². The molecule has 4 nitrogen and oxygen atoms in total. The van der Waals surface area contributed by atoms with Gasteiger partial charge in [-0.25, -0.2) is 0 Å². The summed E-state index contributed by atoms with van der Waals surface area (Å²) in [5.74, 6) is 0.748. The minimum Gasteiger partial charge on any atom is -0.462 e. The van der Waals surface area contributed by atoms with Gasteiger partial charge in [-0.2, -0.15) is 0 Å². The zero-order valence-electron chi connectivity index (χ0n) is 14.2. The van der Waals surface area contributed by atoms with Crippen molar-refractivity contribution in [2.75, 3.05) is 13.1 Å². The fraction of sp³-hybridized carbons (Fsp3) is 0.526. The van der Waals surface area contributed by atoms with E-state index in [0.717, 1.165) is 12.8 Å². The predicted molar refractivity (Wildman–Crippen MR) is 91.4 cm³/mol. The lowest BCUT2D eigenvalue weighted by Gasteiger charge is -2.24. The van der Waals surface area contributed by atoms with Crippen molar-refractivity contribution in [1.82, 2.24) is 4.90 Å². The lowest BCUT2D eigenvalue weighted by atomic mass is 9.98. The van der Waals surface area contributed by atoms with Crippen molar-refractivity contribution in [3.63, 3.8) is 0 Å². The van der Waals surface area contributed by atoms with Crippen LogP contribution in [0.15, 0.2) is 36.8 Å². The Morgan fingerprint density at radius 2 is 1.83 bits per heavy atom. The Morgan fingerprint density at radius 3 is 2.48 bits per heavy atom. The van der Waals surface area contributed by atoms with E-state index >= 15 is 0 Å². The number of carbonyl (C=O) groups is 1.